The molecule has 3 nitrogen and oxygen atoms in total. The number of hydrogen-bond acceptors (Lipinski definition) is 4. The molecule has 14 heavy (non-hydrogen) atoms. The largest absolute Gasteiger partial charge is 0.327 e. The lowest BCUT2D eigenvalue weighted by molar-refractivity contribution is 0.200. The standard InChI is InChI=1S/C10H17N3S/c1-8-12-10(7-14-8)6-13-4-2-3-9(11)5-13/h7,9H,2-6,11H2,1H3/t9-/m1/s1. The van der Waals surface area contributed by atoms with E-state index in [4.69, 9.17) is 5.73 Å². The monoisotopic (exact) mass is 211 g/mol. The van der Waals surface area contributed by atoms with Gasteiger partial charge in [0.25, 0.3) is 0 Å². The summed E-state index contributed by atoms with van der Waals surface area (Å²) in [5.74, 6) is 0. The van der Waals surface area contributed by atoms with Crippen molar-refractivity contribution in [3.05, 3.63) is 16.1 Å². The summed E-state index contributed by atoms with van der Waals surface area (Å²) in [6, 6.07) is 0.364. The minimum Gasteiger partial charge on any atom is -0.327 e. The zero-order valence-electron chi connectivity index (χ0n) is 8.57. The molecule has 0 spiro atoms. The Hall–Kier alpha value is -0.450. The summed E-state index contributed by atoms with van der Waals surface area (Å²) in [5, 5.41) is 3.30. The maximum absolute atomic E-state index is 5.92. The molecule has 1 atom stereocenters. The zero-order chi connectivity index (χ0) is 9.97. The molecule has 0 aliphatic carbocycles. The van der Waals surface area contributed by atoms with E-state index in [1.807, 2.05) is 0 Å². The first-order chi connectivity index (χ1) is 6.74. The lowest BCUT2D eigenvalue weighted by Gasteiger charge is -2.29. The molecule has 1 aliphatic heterocycles. The molecular weight excluding hydrogens is 194 g/mol. The van der Waals surface area contributed by atoms with Crippen LogP contribution < -0.4 is 5.73 Å². The van der Waals surface area contributed by atoms with Crippen molar-refractivity contribution in [2.24, 2.45) is 5.73 Å². The first-order valence-corrected chi connectivity index (χ1v) is 6.01. The predicted molar refractivity (Wildman–Crippen MR) is 59.3 cm³/mol. The van der Waals surface area contributed by atoms with Gasteiger partial charge in [-0.05, 0) is 26.3 Å². The molecule has 0 amide bonds. The van der Waals surface area contributed by atoms with Crippen LogP contribution in [0.25, 0.3) is 0 Å². The number of hydrogen-bond donors (Lipinski definition) is 1. The van der Waals surface area contributed by atoms with E-state index in [0.29, 0.717) is 6.04 Å². The van der Waals surface area contributed by atoms with Crippen LogP contribution in [0.15, 0.2) is 5.38 Å². The molecule has 1 fully saturated rings. The number of nitrogens with two attached hydrogens (primary N) is 1. The molecule has 0 radical (unpaired) electrons. The van der Waals surface area contributed by atoms with Crippen molar-refractivity contribution < 1.29 is 0 Å². The lowest BCUT2D eigenvalue weighted by atomic mass is 10.1. The first kappa shape index (κ1) is 10.1. The van der Waals surface area contributed by atoms with Crippen molar-refractivity contribution in [3.8, 4) is 0 Å². The number of rotatable bonds is 2. The van der Waals surface area contributed by atoms with Crippen LogP contribution in [-0.2, 0) is 6.54 Å². The molecule has 2 heterocycles. The maximum atomic E-state index is 5.92. The molecule has 4 heteroatoms. The van der Waals surface area contributed by atoms with Crippen LogP contribution in [0.5, 0.6) is 0 Å². The van der Waals surface area contributed by atoms with Gasteiger partial charge in [-0.1, -0.05) is 0 Å². The van der Waals surface area contributed by atoms with Crippen molar-refractivity contribution in [1.82, 2.24) is 9.88 Å². The highest BCUT2D eigenvalue weighted by atomic mass is 32.1. The normalized spacial score (nSPS) is 24.0. The fourth-order valence-corrected chi connectivity index (χ4v) is 2.55. The van der Waals surface area contributed by atoms with Crippen LogP contribution >= 0.6 is 11.3 Å². The molecule has 2 N–H and O–H groups in total. The Morgan fingerprint density at radius 3 is 3.21 bits per heavy atom. The third-order valence-electron chi connectivity index (χ3n) is 2.59. The van der Waals surface area contributed by atoms with Gasteiger partial charge in [0, 0.05) is 24.5 Å². The third-order valence-corrected chi connectivity index (χ3v) is 3.42. The Bertz CT molecular complexity index is 297. The summed E-state index contributed by atoms with van der Waals surface area (Å²) in [5.41, 5.74) is 7.12. The van der Waals surface area contributed by atoms with E-state index in [0.717, 1.165) is 18.1 Å². The smallest absolute Gasteiger partial charge is 0.0897 e. The highest BCUT2D eigenvalue weighted by Gasteiger charge is 2.17. The van der Waals surface area contributed by atoms with Crippen molar-refractivity contribution in [2.75, 3.05) is 13.1 Å². The van der Waals surface area contributed by atoms with Gasteiger partial charge in [-0.2, -0.15) is 0 Å². The van der Waals surface area contributed by atoms with Crippen molar-refractivity contribution in [1.29, 1.82) is 0 Å². The Kier molecular flexibility index (Phi) is 3.15. The second-order valence-corrected chi connectivity index (χ2v) is 5.06. The van der Waals surface area contributed by atoms with Gasteiger partial charge in [-0.3, -0.25) is 4.90 Å². The number of aryl methyl sites for hydroxylation is 1. The van der Waals surface area contributed by atoms with E-state index >= 15 is 0 Å². The van der Waals surface area contributed by atoms with Gasteiger partial charge in [-0.15, -0.1) is 11.3 Å². The fourth-order valence-electron chi connectivity index (χ4n) is 1.94. The van der Waals surface area contributed by atoms with E-state index in [1.54, 1.807) is 11.3 Å². The third kappa shape index (κ3) is 2.53. The molecule has 0 unspecified atom stereocenters. The van der Waals surface area contributed by atoms with Gasteiger partial charge >= 0.3 is 0 Å². The summed E-state index contributed by atoms with van der Waals surface area (Å²) in [7, 11) is 0. The second kappa shape index (κ2) is 4.38. The Morgan fingerprint density at radius 1 is 1.71 bits per heavy atom. The highest BCUT2D eigenvalue weighted by molar-refractivity contribution is 7.09. The predicted octanol–water partition coefficient (Wildman–Crippen LogP) is 1.37. The van der Waals surface area contributed by atoms with E-state index in [9.17, 15) is 0 Å². The van der Waals surface area contributed by atoms with Gasteiger partial charge in [0.2, 0.25) is 0 Å². The molecule has 0 aromatic carbocycles. The van der Waals surface area contributed by atoms with Crippen LogP contribution in [0.2, 0.25) is 0 Å². The maximum Gasteiger partial charge on any atom is 0.0897 e. The van der Waals surface area contributed by atoms with Crippen molar-refractivity contribution >= 4 is 11.3 Å². The lowest BCUT2D eigenvalue weighted by Crippen LogP contribution is -2.42. The first-order valence-electron chi connectivity index (χ1n) is 5.13. The Labute approximate surface area is 88.9 Å². The number of aromatic nitrogens is 1. The molecule has 0 bridgehead atoms. The van der Waals surface area contributed by atoms with Gasteiger partial charge in [0.05, 0.1) is 10.7 Å². The molecule has 1 saturated heterocycles. The van der Waals surface area contributed by atoms with E-state index in [1.165, 1.54) is 25.1 Å². The van der Waals surface area contributed by atoms with E-state index in [-0.39, 0.29) is 0 Å². The number of likely N-dealkylation sites (tertiary alicyclic amines) is 1. The van der Waals surface area contributed by atoms with Gasteiger partial charge in [-0.25, -0.2) is 4.98 Å². The minimum absolute atomic E-state index is 0.364. The van der Waals surface area contributed by atoms with Crippen LogP contribution in [0.3, 0.4) is 0 Å². The van der Waals surface area contributed by atoms with Crippen LogP contribution in [0, 0.1) is 6.92 Å². The highest BCUT2D eigenvalue weighted by Crippen LogP contribution is 2.14. The zero-order valence-corrected chi connectivity index (χ0v) is 9.39. The SMILES string of the molecule is Cc1nc(CN2CCC[C@@H](N)C2)cs1. The topological polar surface area (TPSA) is 42.2 Å². The fraction of sp³-hybridized carbons (Fsp3) is 0.700. The van der Waals surface area contributed by atoms with E-state index < -0.39 is 0 Å². The van der Waals surface area contributed by atoms with Crippen molar-refractivity contribution in [3.63, 3.8) is 0 Å². The minimum atomic E-state index is 0.364. The molecule has 0 saturated carbocycles. The summed E-state index contributed by atoms with van der Waals surface area (Å²) >= 11 is 1.72. The average Bonchev–Trinajstić information content (AvgIpc) is 2.51. The summed E-state index contributed by atoms with van der Waals surface area (Å²) < 4.78 is 0. The summed E-state index contributed by atoms with van der Waals surface area (Å²) in [4.78, 5) is 6.87. The average molecular weight is 211 g/mol. The van der Waals surface area contributed by atoms with Gasteiger partial charge in [0.1, 0.15) is 0 Å². The molecule has 1 aromatic heterocycles. The van der Waals surface area contributed by atoms with Crippen LogP contribution in [0.4, 0.5) is 0 Å². The Balaban J connectivity index is 1.90. The van der Waals surface area contributed by atoms with Gasteiger partial charge in [0.15, 0.2) is 0 Å². The second-order valence-electron chi connectivity index (χ2n) is 4.00. The molecule has 1 aromatic rings. The van der Waals surface area contributed by atoms with Crippen LogP contribution in [0.1, 0.15) is 23.5 Å². The van der Waals surface area contributed by atoms with E-state index in [2.05, 4.69) is 22.2 Å². The Morgan fingerprint density at radius 2 is 2.57 bits per heavy atom. The molecule has 78 valence electrons. The van der Waals surface area contributed by atoms with Crippen molar-refractivity contribution in [2.45, 2.75) is 32.4 Å². The quantitative estimate of drug-likeness (QED) is 0.803. The van der Waals surface area contributed by atoms with Gasteiger partial charge < -0.3 is 5.73 Å². The molecule has 1 aliphatic rings. The number of nitrogens with zero attached hydrogens (tertiary/aromatic N) is 2. The number of thiazole rings is 1. The van der Waals surface area contributed by atoms with Crippen LogP contribution in [-0.4, -0.2) is 29.0 Å². The number of piperidine rings is 1. The molecule has 2 rings (SSSR count). The summed E-state index contributed by atoms with van der Waals surface area (Å²) in [6.45, 7) is 5.22. The molecular formula is C10H17N3S. The summed E-state index contributed by atoms with van der Waals surface area (Å²) in [6.07, 6.45) is 2.40.